The van der Waals surface area contributed by atoms with E-state index in [2.05, 4.69) is 15.1 Å². The average Bonchev–Trinajstić information content (AvgIpc) is 3.25. The summed E-state index contributed by atoms with van der Waals surface area (Å²) in [7, 11) is 3.31. The second-order valence-corrected chi connectivity index (χ2v) is 8.61. The number of hydrogen-bond acceptors (Lipinski definition) is 6. The van der Waals surface area contributed by atoms with Crippen LogP contribution in [-0.2, 0) is 7.05 Å². The minimum atomic E-state index is -2.41. The molecule has 34 heavy (non-hydrogen) atoms. The Kier molecular flexibility index (Phi) is 6.18. The minimum Gasteiger partial charge on any atom is -0.369 e. The summed E-state index contributed by atoms with van der Waals surface area (Å²) in [6, 6.07) is 13.7. The lowest BCUT2D eigenvalue weighted by Crippen LogP contribution is -2.21. The van der Waals surface area contributed by atoms with Crippen LogP contribution >= 0.6 is 0 Å². The first-order valence-electron chi connectivity index (χ1n) is 10.9. The molecule has 1 aliphatic rings. The molecule has 0 aliphatic carbocycles. The first-order chi connectivity index (χ1) is 16.1. The molecular formula is C24H27F2N7O. The third-order valence-corrected chi connectivity index (χ3v) is 5.62. The molecule has 8 nitrogen and oxygen atoms in total. The molecule has 0 atom stereocenters. The molecule has 0 amide bonds. The van der Waals surface area contributed by atoms with Crippen LogP contribution in [0.25, 0.3) is 28.0 Å². The van der Waals surface area contributed by atoms with Crippen molar-refractivity contribution in [3.63, 3.8) is 0 Å². The maximum atomic E-state index is 12.4. The fourth-order valence-electron chi connectivity index (χ4n) is 4.12. The molecule has 178 valence electrons. The number of nitrogens with zero attached hydrogens (tertiary/aromatic N) is 6. The Morgan fingerprint density at radius 3 is 2.18 bits per heavy atom. The monoisotopic (exact) mass is 467 g/mol. The molecule has 0 saturated carbocycles. The van der Waals surface area contributed by atoms with E-state index in [0.29, 0.717) is 17.9 Å². The molecule has 5 rings (SSSR count). The van der Waals surface area contributed by atoms with Gasteiger partial charge in [-0.05, 0) is 38.6 Å². The van der Waals surface area contributed by atoms with Gasteiger partial charge in [0.15, 0.2) is 5.65 Å². The molecule has 3 aromatic heterocycles. The van der Waals surface area contributed by atoms with E-state index >= 15 is 0 Å². The molecule has 0 bridgehead atoms. The molecule has 4 aromatic rings. The standard InChI is InChI=1S/C19H18N6O.C5H9F2N/c1-11-9-14(10-12(2)21-11)15-16(13-7-5-4-6-8-13)22-18(20)25-17(15)23-24(3)19(25)26;1-8-3-2-5(6,7)4-8/h4-10H,1-3H3,(H2,20,22);2-4H2,1H3. The van der Waals surface area contributed by atoms with Crippen molar-refractivity contribution in [3.8, 4) is 22.4 Å². The lowest BCUT2D eigenvalue weighted by molar-refractivity contribution is 0.0146. The molecule has 4 heterocycles. The molecule has 0 radical (unpaired) electrons. The van der Waals surface area contributed by atoms with Crippen molar-refractivity contribution in [2.45, 2.75) is 26.2 Å². The van der Waals surface area contributed by atoms with Crippen LogP contribution in [-0.4, -0.2) is 55.1 Å². The zero-order valence-corrected chi connectivity index (χ0v) is 19.6. The lowest BCUT2D eigenvalue weighted by atomic mass is 9.99. The lowest BCUT2D eigenvalue weighted by Gasteiger charge is -2.13. The Bertz CT molecular complexity index is 1380. The summed E-state index contributed by atoms with van der Waals surface area (Å²) in [5.41, 5.74) is 11.3. The molecule has 0 spiro atoms. The number of alkyl halides is 2. The second-order valence-electron chi connectivity index (χ2n) is 8.61. The van der Waals surface area contributed by atoms with E-state index in [4.69, 9.17) is 5.73 Å². The number of nitrogen functional groups attached to an aromatic ring is 1. The number of likely N-dealkylation sites (tertiary alicyclic amines) is 1. The van der Waals surface area contributed by atoms with Crippen molar-refractivity contribution in [2.24, 2.45) is 7.05 Å². The van der Waals surface area contributed by atoms with Gasteiger partial charge in [0.2, 0.25) is 5.95 Å². The van der Waals surface area contributed by atoms with Crippen molar-refractivity contribution in [1.82, 2.24) is 29.0 Å². The first-order valence-corrected chi connectivity index (χ1v) is 10.9. The number of fused-ring (bicyclic) bond motifs is 1. The quantitative estimate of drug-likeness (QED) is 0.486. The fraction of sp³-hybridized carbons (Fsp3) is 0.333. The van der Waals surface area contributed by atoms with Gasteiger partial charge in [0.1, 0.15) is 0 Å². The Hall–Kier alpha value is -3.66. The van der Waals surface area contributed by atoms with E-state index < -0.39 is 5.92 Å². The van der Waals surface area contributed by atoms with Gasteiger partial charge in [0.05, 0.1) is 17.8 Å². The van der Waals surface area contributed by atoms with Crippen molar-refractivity contribution < 1.29 is 8.78 Å². The molecule has 1 aromatic carbocycles. The predicted molar refractivity (Wildman–Crippen MR) is 128 cm³/mol. The molecule has 1 aliphatic heterocycles. The maximum absolute atomic E-state index is 12.4. The van der Waals surface area contributed by atoms with Gasteiger partial charge in [-0.1, -0.05) is 30.3 Å². The minimum absolute atomic E-state index is 0.0312. The van der Waals surface area contributed by atoms with Gasteiger partial charge in [0.25, 0.3) is 5.92 Å². The van der Waals surface area contributed by atoms with Crippen molar-refractivity contribution in [3.05, 3.63) is 64.3 Å². The van der Waals surface area contributed by atoms with Gasteiger partial charge in [0, 0.05) is 37.0 Å². The van der Waals surface area contributed by atoms with Gasteiger partial charge in [-0.15, -0.1) is 5.10 Å². The zero-order valence-electron chi connectivity index (χ0n) is 19.6. The fourth-order valence-corrected chi connectivity index (χ4v) is 4.12. The topological polar surface area (TPSA) is 94.3 Å². The van der Waals surface area contributed by atoms with Crippen molar-refractivity contribution >= 4 is 11.6 Å². The molecule has 0 unspecified atom stereocenters. The van der Waals surface area contributed by atoms with E-state index in [-0.39, 0.29) is 24.6 Å². The molecule has 1 saturated heterocycles. The maximum Gasteiger partial charge on any atom is 0.352 e. The average molecular weight is 468 g/mol. The predicted octanol–water partition coefficient (Wildman–Crippen LogP) is 3.31. The number of nitrogens with two attached hydrogens (primary N) is 1. The van der Waals surface area contributed by atoms with E-state index in [9.17, 15) is 13.6 Å². The van der Waals surface area contributed by atoms with Crippen LogP contribution < -0.4 is 11.4 Å². The van der Waals surface area contributed by atoms with Gasteiger partial charge >= 0.3 is 5.69 Å². The number of hydrogen-bond donors (Lipinski definition) is 1. The summed E-state index contributed by atoms with van der Waals surface area (Å²) >= 11 is 0. The van der Waals surface area contributed by atoms with Crippen molar-refractivity contribution in [2.75, 3.05) is 25.9 Å². The number of aromatic nitrogens is 5. The van der Waals surface area contributed by atoms with Crippen LogP contribution in [0, 0.1) is 13.8 Å². The highest BCUT2D eigenvalue weighted by Gasteiger charge is 2.36. The summed E-state index contributed by atoms with van der Waals surface area (Å²) in [4.78, 5) is 23.1. The van der Waals surface area contributed by atoms with Crippen LogP contribution in [0.2, 0.25) is 0 Å². The summed E-state index contributed by atoms with van der Waals surface area (Å²) < 4.78 is 26.9. The highest BCUT2D eigenvalue weighted by Crippen LogP contribution is 2.34. The summed E-state index contributed by atoms with van der Waals surface area (Å²) in [5, 5.41) is 4.42. The van der Waals surface area contributed by atoms with Gasteiger partial charge in [-0.25, -0.2) is 27.6 Å². The smallest absolute Gasteiger partial charge is 0.352 e. The summed E-state index contributed by atoms with van der Waals surface area (Å²) in [6.07, 6.45) is 0.0312. The highest BCUT2D eigenvalue weighted by molar-refractivity contribution is 5.90. The Labute approximate surface area is 195 Å². The third-order valence-electron chi connectivity index (χ3n) is 5.62. The molecule has 1 fully saturated rings. The first kappa shape index (κ1) is 23.5. The number of pyridine rings is 1. The molecule has 2 N–H and O–H groups in total. The normalized spacial score (nSPS) is 15.4. The number of halogens is 2. The Morgan fingerprint density at radius 1 is 1.00 bits per heavy atom. The van der Waals surface area contributed by atoms with Crippen LogP contribution in [0.3, 0.4) is 0 Å². The largest absolute Gasteiger partial charge is 0.369 e. The van der Waals surface area contributed by atoms with E-state index in [1.807, 2.05) is 56.3 Å². The number of benzene rings is 1. The SMILES string of the molecule is CN1CCC(F)(F)C1.Cc1cc(-c2c(-c3ccccc3)nc(N)n3c(=O)n(C)nc23)cc(C)n1. The van der Waals surface area contributed by atoms with E-state index in [0.717, 1.165) is 28.1 Å². The molecule has 10 heteroatoms. The van der Waals surface area contributed by atoms with Crippen LogP contribution in [0.1, 0.15) is 17.8 Å². The van der Waals surface area contributed by atoms with Crippen LogP contribution in [0.4, 0.5) is 14.7 Å². The van der Waals surface area contributed by atoms with Crippen LogP contribution in [0.15, 0.2) is 47.3 Å². The Balaban J connectivity index is 0.000000291. The van der Waals surface area contributed by atoms with Crippen LogP contribution in [0.5, 0.6) is 0 Å². The number of rotatable bonds is 2. The Morgan fingerprint density at radius 2 is 1.65 bits per heavy atom. The number of anilines is 1. The highest BCUT2D eigenvalue weighted by atomic mass is 19.3. The third kappa shape index (κ3) is 4.67. The van der Waals surface area contributed by atoms with Gasteiger partial charge in [-0.3, -0.25) is 4.98 Å². The second kappa shape index (κ2) is 8.94. The summed E-state index contributed by atoms with van der Waals surface area (Å²) in [6.45, 7) is 4.34. The van der Waals surface area contributed by atoms with E-state index in [1.165, 1.54) is 9.08 Å². The zero-order chi connectivity index (χ0) is 24.6. The van der Waals surface area contributed by atoms with Gasteiger partial charge < -0.3 is 10.6 Å². The van der Waals surface area contributed by atoms with Crippen molar-refractivity contribution in [1.29, 1.82) is 0 Å². The van der Waals surface area contributed by atoms with Gasteiger partial charge in [-0.2, -0.15) is 0 Å². The summed E-state index contributed by atoms with van der Waals surface area (Å²) in [5.74, 6) is -2.29. The van der Waals surface area contributed by atoms with E-state index in [1.54, 1.807) is 19.0 Å². The molecular weight excluding hydrogens is 440 g/mol. The number of aryl methyl sites for hydroxylation is 3.